The Hall–Kier alpha value is -1.16. The number of anilines is 1. The van der Waals surface area contributed by atoms with Crippen LogP contribution in [0.1, 0.15) is 44.6 Å². The number of hydrogen-bond acceptors (Lipinski definition) is 4. The molecule has 4 nitrogen and oxygen atoms in total. The van der Waals surface area contributed by atoms with Gasteiger partial charge in [-0.1, -0.05) is 13.3 Å². The molecule has 0 amide bonds. The molecule has 4 heteroatoms. The van der Waals surface area contributed by atoms with Crippen molar-refractivity contribution in [2.45, 2.75) is 51.6 Å². The topological polar surface area (TPSA) is 41.1 Å². The summed E-state index contributed by atoms with van der Waals surface area (Å²) in [6.45, 7) is 5.42. The predicted molar refractivity (Wildman–Crippen MR) is 77.1 cm³/mol. The maximum Gasteiger partial charge on any atom is 0.225 e. The SMILES string of the molecule is CCCC1CCN(c2ncc(CNC3CC3)cn2)C1. The van der Waals surface area contributed by atoms with Gasteiger partial charge in [-0.25, -0.2) is 9.97 Å². The summed E-state index contributed by atoms with van der Waals surface area (Å²) >= 11 is 0. The molecular weight excluding hydrogens is 236 g/mol. The monoisotopic (exact) mass is 260 g/mol. The van der Waals surface area contributed by atoms with Crippen LogP contribution in [0.25, 0.3) is 0 Å². The van der Waals surface area contributed by atoms with Crippen LogP contribution in [0.4, 0.5) is 5.95 Å². The van der Waals surface area contributed by atoms with E-state index < -0.39 is 0 Å². The van der Waals surface area contributed by atoms with E-state index in [-0.39, 0.29) is 0 Å². The van der Waals surface area contributed by atoms with Crippen LogP contribution in [0.2, 0.25) is 0 Å². The fraction of sp³-hybridized carbons (Fsp3) is 0.733. The number of hydrogen-bond donors (Lipinski definition) is 1. The van der Waals surface area contributed by atoms with Gasteiger partial charge in [-0.15, -0.1) is 0 Å². The van der Waals surface area contributed by atoms with Crippen molar-refractivity contribution in [1.29, 1.82) is 0 Å². The standard InChI is InChI=1S/C15H24N4/c1-2-3-12-6-7-19(11-12)15-17-9-13(10-18-15)8-16-14-4-5-14/h9-10,12,14,16H,2-8,11H2,1H3. The second-order valence-corrected chi connectivity index (χ2v) is 5.94. The summed E-state index contributed by atoms with van der Waals surface area (Å²) in [5, 5.41) is 3.49. The molecule has 0 spiro atoms. The predicted octanol–water partition coefficient (Wildman–Crippen LogP) is 2.36. The lowest BCUT2D eigenvalue weighted by atomic mass is 10.0. The van der Waals surface area contributed by atoms with Crippen molar-refractivity contribution in [2.24, 2.45) is 5.92 Å². The Kier molecular flexibility index (Phi) is 3.97. The second kappa shape index (κ2) is 5.87. The van der Waals surface area contributed by atoms with Crippen molar-refractivity contribution >= 4 is 5.95 Å². The first-order chi connectivity index (χ1) is 9.35. The molecule has 0 radical (unpaired) electrons. The molecule has 3 rings (SSSR count). The average molecular weight is 260 g/mol. The number of nitrogens with one attached hydrogen (secondary N) is 1. The van der Waals surface area contributed by atoms with E-state index in [0.29, 0.717) is 0 Å². The van der Waals surface area contributed by atoms with E-state index in [4.69, 9.17) is 0 Å². The molecule has 1 aromatic rings. The van der Waals surface area contributed by atoms with Gasteiger partial charge in [-0.05, 0) is 31.6 Å². The van der Waals surface area contributed by atoms with Crippen LogP contribution in [0.5, 0.6) is 0 Å². The Labute approximate surface area is 115 Å². The molecule has 19 heavy (non-hydrogen) atoms. The lowest BCUT2D eigenvalue weighted by Crippen LogP contribution is -2.22. The van der Waals surface area contributed by atoms with E-state index in [1.807, 2.05) is 12.4 Å². The van der Waals surface area contributed by atoms with Crippen molar-refractivity contribution in [3.8, 4) is 0 Å². The summed E-state index contributed by atoms with van der Waals surface area (Å²) in [6.07, 6.45) is 10.5. The number of nitrogens with zero attached hydrogens (tertiary/aromatic N) is 3. The second-order valence-electron chi connectivity index (χ2n) is 5.94. The summed E-state index contributed by atoms with van der Waals surface area (Å²) in [6, 6.07) is 0.744. The highest BCUT2D eigenvalue weighted by molar-refractivity contribution is 5.31. The molecule has 1 N–H and O–H groups in total. The van der Waals surface area contributed by atoms with Gasteiger partial charge in [-0.2, -0.15) is 0 Å². The Bertz CT molecular complexity index is 399. The average Bonchev–Trinajstić information content (AvgIpc) is 3.16. The zero-order valence-electron chi connectivity index (χ0n) is 11.8. The van der Waals surface area contributed by atoms with E-state index in [9.17, 15) is 0 Å². The Morgan fingerprint density at radius 1 is 1.26 bits per heavy atom. The molecule has 0 bridgehead atoms. The molecule has 0 aromatic carbocycles. The highest BCUT2D eigenvalue weighted by Gasteiger charge is 2.23. The van der Waals surface area contributed by atoms with Crippen LogP contribution < -0.4 is 10.2 Å². The summed E-state index contributed by atoms with van der Waals surface area (Å²) in [5.41, 5.74) is 1.19. The fourth-order valence-electron chi connectivity index (χ4n) is 2.81. The molecule has 2 heterocycles. The van der Waals surface area contributed by atoms with Crippen LogP contribution in [-0.2, 0) is 6.54 Å². The first kappa shape index (κ1) is 12.9. The van der Waals surface area contributed by atoms with Gasteiger partial charge in [0.1, 0.15) is 0 Å². The third kappa shape index (κ3) is 3.44. The first-order valence-corrected chi connectivity index (χ1v) is 7.64. The molecule has 1 saturated carbocycles. The Morgan fingerprint density at radius 2 is 2.05 bits per heavy atom. The van der Waals surface area contributed by atoms with Crippen molar-refractivity contribution in [1.82, 2.24) is 15.3 Å². The van der Waals surface area contributed by atoms with Gasteiger partial charge in [0.15, 0.2) is 0 Å². The van der Waals surface area contributed by atoms with Crippen LogP contribution in [0, 0.1) is 5.92 Å². The minimum absolute atomic E-state index is 0.744. The van der Waals surface area contributed by atoms with Crippen LogP contribution in [0.15, 0.2) is 12.4 Å². The van der Waals surface area contributed by atoms with Crippen LogP contribution in [-0.4, -0.2) is 29.1 Å². The lowest BCUT2D eigenvalue weighted by molar-refractivity contribution is 0.529. The van der Waals surface area contributed by atoms with E-state index in [2.05, 4.69) is 27.1 Å². The van der Waals surface area contributed by atoms with E-state index in [0.717, 1.165) is 37.5 Å². The van der Waals surface area contributed by atoms with Crippen molar-refractivity contribution in [3.63, 3.8) is 0 Å². The molecule has 1 unspecified atom stereocenters. The quantitative estimate of drug-likeness (QED) is 0.852. The van der Waals surface area contributed by atoms with E-state index >= 15 is 0 Å². The third-order valence-corrected chi connectivity index (χ3v) is 4.13. The third-order valence-electron chi connectivity index (χ3n) is 4.13. The molecule has 1 aliphatic carbocycles. The molecular formula is C15H24N4. The lowest BCUT2D eigenvalue weighted by Gasteiger charge is -2.16. The zero-order valence-corrected chi connectivity index (χ0v) is 11.8. The maximum absolute atomic E-state index is 4.53. The molecule has 2 aliphatic rings. The number of aromatic nitrogens is 2. The van der Waals surface area contributed by atoms with Gasteiger partial charge < -0.3 is 10.2 Å². The van der Waals surface area contributed by atoms with Crippen LogP contribution >= 0.6 is 0 Å². The summed E-state index contributed by atoms with van der Waals surface area (Å²) in [4.78, 5) is 11.4. The van der Waals surface area contributed by atoms with Crippen molar-refractivity contribution < 1.29 is 0 Å². The Morgan fingerprint density at radius 3 is 2.74 bits per heavy atom. The first-order valence-electron chi connectivity index (χ1n) is 7.64. The van der Waals surface area contributed by atoms with E-state index in [1.54, 1.807) is 0 Å². The molecule has 1 aromatic heterocycles. The molecule has 2 fully saturated rings. The van der Waals surface area contributed by atoms with Crippen LogP contribution in [0.3, 0.4) is 0 Å². The van der Waals surface area contributed by atoms with Gasteiger partial charge in [-0.3, -0.25) is 0 Å². The minimum Gasteiger partial charge on any atom is -0.341 e. The van der Waals surface area contributed by atoms with Gasteiger partial charge >= 0.3 is 0 Å². The molecule has 1 saturated heterocycles. The zero-order chi connectivity index (χ0) is 13.1. The van der Waals surface area contributed by atoms with Crippen molar-refractivity contribution in [2.75, 3.05) is 18.0 Å². The minimum atomic E-state index is 0.744. The fourth-order valence-corrected chi connectivity index (χ4v) is 2.81. The van der Waals surface area contributed by atoms with Gasteiger partial charge in [0.2, 0.25) is 5.95 Å². The highest BCUT2D eigenvalue weighted by Crippen LogP contribution is 2.24. The van der Waals surface area contributed by atoms with Gasteiger partial charge in [0.25, 0.3) is 0 Å². The normalized spacial score (nSPS) is 23.0. The number of rotatable bonds is 6. The largest absolute Gasteiger partial charge is 0.341 e. The smallest absolute Gasteiger partial charge is 0.225 e. The van der Waals surface area contributed by atoms with Crippen molar-refractivity contribution in [3.05, 3.63) is 18.0 Å². The summed E-state index contributed by atoms with van der Waals surface area (Å²) in [7, 11) is 0. The summed E-state index contributed by atoms with van der Waals surface area (Å²) < 4.78 is 0. The van der Waals surface area contributed by atoms with Gasteiger partial charge in [0, 0.05) is 43.6 Å². The molecule has 1 aliphatic heterocycles. The Balaban J connectivity index is 1.53. The highest BCUT2D eigenvalue weighted by atomic mass is 15.3. The maximum atomic E-state index is 4.53. The molecule has 1 atom stereocenters. The van der Waals surface area contributed by atoms with E-state index in [1.165, 1.54) is 37.7 Å². The summed E-state index contributed by atoms with van der Waals surface area (Å²) in [5.74, 6) is 1.75. The van der Waals surface area contributed by atoms with Gasteiger partial charge in [0.05, 0.1) is 0 Å². The molecule has 104 valence electrons.